The summed E-state index contributed by atoms with van der Waals surface area (Å²) in [5.41, 5.74) is 3.29. The minimum atomic E-state index is 0.121. The molecular formula is C17H22ClN3. The van der Waals surface area contributed by atoms with Crippen molar-refractivity contribution in [2.45, 2.75) is 39.2 Å². The SMILES string of the molecule is Cc1cc(C(C)C)nc(NC(CCl)Cc2ccccc2)n1. The Labute approximate surface area is 131 Å². The van der Waals surface area contributed by atoms with Gasteiger partial charge in [-0.25, -0.2) is 9.97 Å². The first-order chi connectivity index (χ1) is 10.1. The number of anilines is 1. The van der Waals surface area contributed by atoms with Crippen LogP contribution in [0.4, 0.5) is 5.95 Å². The highest BCUT2D eigenvalue weighted by Gasteiger charge is 2.12. The lowest BCUT2D eigenvalue weighted by Crippen LogP contribution is -2.25. The molecule has 0 fully saturated rings. The van der Waals surface area contributed by atoms with E-state index in [1.165, 1.54) is 5.56 Å². The summed E-state index contributed by atoms with van der Waals surface area (Å²) in [6.07, 6.45) is 0.860. The monoisotopic (exact) mass is 303 g/mol. The minimum Gasteiger partial charge on any atom is -0.350 e. The Hall–Kier alpha value is -1.61. The number of rotatable bonds is 6. The second-order valence-electron chi connectivity index (χ2n) is 5.60. The van der Waals surface area contributed by atoms with Gasteiger partial charge in [-0.15, -0.1) is 11.6 Å². The molecule has 0 aliphatic carbocycles. The van der Waals surface area contributed by atoms with Crippen LogP contribution >= 0.6 is 11.6 Å². The molecule has 1 aromatic heterocycles. The molecule has 1 unspecified atom stereocenters. The number of nitrogens with one attached hydrogen (secondary N) is 1. The first kappa shape index (κ1) is 15.8. The van der Waals surface area contributed by atoms with Crippen LogP contribution in [0.15, 0.2) is 36.4 Å². The van der Waals surface area contributed by atoms with Crippen LogP contribution in [0.25, 0.3) is 0 Å². The van der Waals surface area contributed by atoms with Crippen molar-refractivity contribution in [3.8, 4) is 0 Å². The highest BCUT2D eigenvalue weighted by molar-refractivity contribution is 6.18. The molecule has 3 nitrogen and oxygen atoms in total. The molecular weight excluding hydrogens is 282 g/mol. The van der Waals surface area contributed by atoms with Crippen molar-refractivity contribution in [2.75, 3.05) is 11.2 Å². The summed E-state index contributed by atoms with van der Waals surface area (Å²) < 4.78 is 0. The lowest BCUT2D eigenvalue weighted by atomic mass is 10.1. The van der Waals surface area contributed by atoms with Gasteiger partial charge in [0.2, 0.25) is 5.95 Å². The van der Waals surface area contributed by atoms with E-state index in [0.717, 1.165) is 17.8 Å². The summed E-state index contributed by atoms with van der Waals surface area (Å²) in [5, 5.41) is 3.36. The molecule has 0 spiro atoms. The molecule has 1 aromatic carbocycles. The zero-order valence-corrected chi connectivity index (χ0v) is 13.6. The van der Waals surface area contributed by atoms with Crippen LogP contribution in [0.2, 0.25) is 0 Å². The van der Waals surface area contributed by atoms with Crippen molar-refractivity contribution in [2.24, 2.45) is 0 Å². The predicted molar refractivity (Wildman–Crippen MR) is 89.1 cm³/mol. The standard InChI is InChI=1S/C17H22ClN3/c1-12(2)16-9-13(3)19-17(21-16)20-15(11-18)10-14-7-5-4-6-8-14/h4-9,12,15H,10-11H2,1-3H3,(H,19,20,21). The lowest BCUT2D eigenvalue weighted by molar-refractivity contribution is 0.764. The molecule has 4 heteroatoms. The summed E-state index contributed by atoms with van der Waals surface area (Å²) >= 11 is 6.09. The summed E-state index contributed by atoms with van der Waals surface area (Å²) in [4.78, 5) is 9.05. The van der Waals surface area contributed by atoms with Crippen LogP contribution < -0.4 is 5.32 Å². The zero-order chi connectivity index (χ0) is 15.2. The second-order valence-corrected chi connectivity index (χ2v) is 5.91. The van der Waals surface area contributed by atoms with Gasteiger partial charge in [0.1, 0.15) is 0 Å². The number of benzene rings is 1. The third-order valence-corrected chi connectivity index (χ3v) is 3.68. The number of hydrogen-bond acceptors (Lipinski definition) is 3. The summed E-state index contributed by atoms with van der Waals surface area (Å²) in [7, 11) is 0. The van der Waals surface area contributed by atoms with E-state index in [-0.39, 0.29) is 6.04 Å². The molecule has 0 saturated carbocycles. The van der Waals surface area contributed by atoms with Gasteiger partial charge in [0.25, 0.3) is 0 Å². The average molecular weight is 304 g/mol. The molecule has 0 radical (unpaired) electrons. The maximum absolute atomic E-state index is 6.09. The topological polar surface area (TPSA) is 37.8 Å². The Morgan fingerprint density at radius 2 is 1.86 bits per heavy atom. The first-order valence-corrected chi connectivity index (χ1v) is 7.84. The number of nitrogens with zero attached hydrogens (tertiary/aromatic N) is 2. The van der Waals surface area contributed by atoms with Gasteiger partial charge in [0.15, 0.2) is 0 Å². The van der Waals surface area contributed by atoms with E-state index < -0.39 is 0 Å². The van der Waals surface area contributed by atoms with E-state index in [0.29, 0.717) is 17.7 Å². The van der Waals surface area contributed by atoms with Crippen LogP contribution in [-0.2, 0) is 6.42 Å². The van der Waals surface area contributed by atoms with E-state index in [2.05, 4.69) is 41.3 Å². The molecule has 1 heterocycles. The van der Waals surface area contributed by atoms with Crippen LogP contribution in [-0.4, -0.2) is 21.9 Å². The number of aryl methyl sites for hydroxylation is 1. The normalized spacial score (nSPS) is 12.4. The highest BCUT2D eigenvalue weighted by atomic mass is 35.5. The van der Waals surface area contributed by atoms with Gasteiger partial charge in [-0.3, -0.25) is 0 Å². The molecule has 2 rings (SSSR count). The molecule has 112 valence electrons. The zero-order valence-electron chi connectivity index (χ0n) is 12.8. The Kier molecular flexibility index (Phi) is 5.57. The summed E-state index contributed by atoms with van der Waals surface area (Å²) in [5.74, 6) is 1.57. The maximum Gasteiger partial charge on any atom is 0.223 e. The van der Waals surface area contributed by atoms with Crippen LogP contribution in [0, 0.1) is 6.92 Å². The van der Waals surface area contributed by atoms with Crippen LogP contribution in [0.5, 0.6) is 0 Å². The van der Waals surface area contributed by atoms with Crippen molar-refractivity contribution >= 4 is 17.5 Å². The van der Waals surface area contributed by atoms with Gasteiger partial charge in [0.05, 0.1) is 0 Å². The van der Waals surface area contributed by atoms with E-state index in [4.69, 9.17) is 11.6 Å². The summed E-state index contributed by atoms with van der Waals surface area (Å²) in [6, 6.07) is 12.5. The molecule has 1 N–H and O–H groups in total. The molecule has 0 bridgehead atoms. The van der Waals surface area contributed by atoms with Gasteiger partial charge < -0.3 is 5.32 Å². The predicted octanol–water partition coefficient (Wildman–Crippen LogP) is 4.17. The third-order valence-electron chi connectivity index (χ3n) is 3.31. The largest absolute Gasteiger partial charge is 0.350 e. The highest BCUT2D eigenvalue weighted by Crippen LogP contribution is 2.16. The molecule has 2 aromatic rings. The van der Waals surface area contributed by atoms with Crippen molar-refractivity contribution in [1.29, 1.82) is 0 Å². The van der Waals surface area contributed by atoms with Crippen molar-refractivity contribution < 1.29 is 0 Å². The van der Waals surface area contributed by atoms with E-state index >= 15 is 0 Å². The quantitative estimate of drug-likeness (QED) is 0.814. The van der Waals surface area contributed by atoms with Gasteiger partial charge >= 0.3 is 0 Å². The van der Waals surface area contributed by atoms with Crippen LogP contribution in [0.1, 0.15) is 36.7 Å². The fourth-order valence-electron chi connectivity index (χ4n) is 2.18. The Morgan fingerprint density at radius 1 is 1.14 bits per heavy atom. The molecule has 1 atom stereocenters. The van der Waals surface area contributed by atoms with Gasteiger partial charge in [-0.1, -0.05) is 44.2 Å². The maximum atomic E-state index is 6.09. The second kappa shape index (κ2) is 7.41. The number of alkyl halides is 1. The van der Waals surface area contributed by atoms with Crippen molar-refractivity contribution in [3.63, 3.8) is 0 Å². The third kappa shape index (κ3) is 4.71. The number of halogens is 1. The lowest BCUT2D eigenvalue weighted by Gasteiger charge is -2.17. The Morgan fingerprint density at radius 3 is 2.48 bits per heavy atom. The van der Waals surface area contributed by atoms with E-state index in [9.17, 15) is 0 Å². The fourth-order valence-corrected chi connectivity index (χ4v) is 2.36. The molecule has 0 saturated heterocycles. The fraction of sp³-hybridized carbons (Fsp3) is 0.412. The molecule has 21 heavy (non-hydrogen) atoms. The average Bonchev–Trinajstić information content (AvgIpc) is 2.47. The van der Waals surface area contributed by atoms with E-state index in [1.54, 1.807) is 0 Å². The smallest absolute Gasteiger partial charge is 0.223 e. The van der Waals surface area contributed by atoms with Crippen molar-refractivity contribution in [1.82, 2.24) is 9.97 Å². The Bertz CT molecular complexity index is 570. The molecule has 0 aliphatic rings. The number of hydrogen-bond donors (Lipinski definition) is 1. The number of aromatic nitrogens is 2. The summed E-state index contributed by atoms with van der Waals surface area (Å²) in [6.45, 7) is 6.26. The minimum absolute atomic E-state index is 0.121. The van der Waals surface area contributed by atoms with Gasteiger partial charge in [-0.05, 0) is 30.9 Å². The van der Waals surface area contributed by atoms with Gasteiger partial charge in [0, 0.05) is 23.3 Å². The van der Waals surface area contributed by atoms with Crippen molar-refractivity contribution in [3.05, 3.63) is 53.3 Å². The molecule has 0 aliphatic heterocycles. The van der Waals surface area contributed by atoms with E-state index in [1.807, 2.05) is 31.2 Å². The molecule has 0 amide bonds. The first-order valence-electron chi connectivity index (χ1n) is 7.30. The van der Waals surface area contributed by atoms with Gasteiger partial charge in [-0.2, -0.15) is 0 Å². The van der Waals surface area contributed by atoms with Crippen LogP contribution in [0.3, 0.4) is 0 Å². The Balaban J connectivity index is 2.11.